The zero-order valence-electron chi connectivity index (χ0n) is 17.9. The lowest BCUT2D eigenvalue weighted by molar-refractivity contribution is -0.118. The molecule has 0 saturated heterocycles. The number of hydrogen-bond acceptors (Lipinski definition) is 5. The van der Waals surface area contributed by atoms with E-state index in [2.05, 4.69) is 42.8 Å². The number of benzene rings is 1. The van der Waals surface area contributed by atoms with Crippen LogP contribution in [0.2, 0.25) is 10.0 Å². The van der Waals surface area contributed by atoms with E-state index in [1.54, 1.807) is 34.4 Å². The second-order valence-corrected chi connectivity index (χ2v) is 11.7. The van der Waals surface area contributed by atoms with Crippen LogP contribution in [0.15, 0.2) is 51.4 Å². The van der Waals surface area contributed by atoms with Crippen LogP contribution in [0.5, 0.6) is 0 Å². The molecule has 0 fully saturated rings. The number of carbonyl (C=O) groups excluding carboxylic acids is 1. The van der Waals surface area contributed by atoms with Crippen molar-refractivity contribution in [1.29, 1.82) is 5.26 Å². The number of aryl methyl sites for hydroxylation is 1. The number of rotatable bonds is 3. The summed E-state index contributed by atoms with van der Waals surface area (Å²) in [5, 5.41) is 11.1. The Morgan fingerprint density at radius 2 is 2.03 bits per heavy atom. The summed E-state index contributed by atoms with van der Waals surface area (Å²) < 4.78 is 0.991. The van der Waals surface area contributed by atoms with Crippen molar-refractivity contribution in [3.05, 3.63) is 71.2 Å². The predicted octanol–water partition coefficient (Wildman–Crippen LogP) is 7.32. The van der Waals surface area contributed by atoms with Gasteiger partial charge in [-0.1, -0.05) is 44.0 Å². The standard InChI is InChI=1S/C24H22BrCl2N3OS/c1-4-19-14(25)8-20(32-19)21-13(11-28)23(29)30(16-6-5-12(26)7-15(16)27)17-9-24(2,3)10-18(31)22(17)21/h5-8,21H,4,9-10,29H2,1-3H3. The number of nitrogens with zero attached hydrogens (tertiary/aromatic N) is 2. The molecule has 1 aromatic heterocycles. The summed E-state index contributed by atoms with van der Waals surface area (Å²) >= 11 is 17.9. The molecule has 2 aromatic rings. The van der Waals surface area contributed by atoms with Crippen LogP contribution in [-0.4, -0.2) is 5.78 Å². The van der Waals surface area contributed by atoms with Crippen molar-refractivity contribution < 1.29 is 4.79 Å². The SMILES string of the molecule is CCc1sc(C2C(C#N)=C(N)N(c3ccc(Cl)cc3Cl)C3=C2C(=O)CC(C)(C)C3)cc1Br. The minimum absolute atomic E-state index is 0.0409. The van der Waals surface area contributed by atoms with Crippen molar-refractivity contribution >= 4 is 61.9 Å². The van der Waals surface area contributed by atoms with E-state index in [1.165, 1.54) is 4.88 Å². The second-order valence-electron chi connectivity index (χ2n) is 8.85. The molecular weight excluding hydrogens is 529 g/mol. The zero-order chi connectivity index (χ0) is 23.4. The van der Waals surface area contributed by atoms with Crippen molar-refractivity contribution in [1.82, 2.24) is 0 Å². The second kappa shape index (κ2) is 8.53. The lowest BCUT2D eigenvalue weighted by Crippen LogP contribution is -2.42. The van der Waals surface area contributed by atoms with Gasteiger partial charge in [-0.15, -0.1) is 11.3 Å². The summed E-state index contributed by atoms with van der Waals surface area (Å²) in [5.74, 6) is -0.143. The maximum atomic E-state index is 13.6. The Bertz CT molecular complexity index is 1240. The number of anilines is 1. The maximum Gasteiger partial charge on any atom is 0.162 e. The lowest BCUT2D eigenvalue weighted by Gasteiger charge is -2.43. The Labute approximate surface area is 210 Å². The highest BCUT2D eigenvalue weighted by Gasteiger charge is 2.45. The van der Waals surface area contributed by atoms with Crippen LogP contribution < -0.4 is 10.6 Å². The molecule has 1 aromatic carbocycles. The Morgan fingerprint density at radius 1 is 1.31 bits per heavy atom. The minimum atomic E-state index is -0.484. The number of hydrogen-bond donors (Lipinski definition) is 1. The smallest absolute Gasteiger partial charge is 0.162 e. The van der Waals surface area contributed by atoms with Crippen LogP contribution in [0.1, 0.15) is 49.3 Å². The van der Waals surface area contributed by atoms with Gasteiger partial charge in [0.15, 0.2) is 5.78 Å². The number of halogens is 3. The minimum Gasteiger partial charge on any atom is -0.384 e. The number of allylic oxidation sites excluding steroid dienone is 3. The molecule has 2 heterocycles. The molecular formula is C24H22BrCl2N3OS. The van der Waals surface area contributed by atoms with E-state index >= 15 is 0 Å². The molecule has 1 atom stereocenters. The fraction of sp³-hybridized carbons (Fsp3) is 0.333. The molecule has 4 nitrogen and oxygen atoms in total. The molecule has 1 aliphatic carbocycles. The molecule has 8 heteroatoms. The van der Waals surface area contributed by atoms with Gasteiger partial charge in [-0.2, -0.15) is 5.26 Å². The monoisotopic (exact) mass is 549 g/mol. The van der Waals surface area contributed by atoms with Gasteiger partial charge in [0, 0.05) is 36.9 Å². The topological polar surface area (TPSA) is 70.1 Å². The summed E-state index contributed by atoms with van der Waals surface area (Å²) in [6, 6.07) is 9.47. The molecule has 32 heavy (non-hydrogen) atoms. The van der Waals surface area contributed by atoms with Crippen LogP contribution in [-0.2, 0) is 11.2 Å². The average Bonchev–Trinajstić information content (AvgIpc) is 3.07. The van der Waals surface area contributed by atoms with Crippen LogP contribution in [0, 0.1) is 16.7 Å². The molecule has 0 radical (unpaired) electrons. The van der Waals surface area contributed by atoms with Gasteiger partial charge in [0.2, 0.25) is 0 Å². The zero-order valence-corrected chi connectivity index (χ0v) is 21.8. The van der Waals surface area contributed by atoms with Crippen LogP contribution >= 0.6 is 50.5 Å². The summed E-state index contributed by atoms with van der Waals surface area (Å²) in [6.45, 7) is 6.23. The van der Waals surface area contributed by atoms with E-state index in [4.69, 9.17) is 28.9 Å². The van der Waals surface area contributed by atoms with Gasteiger partial charge in [-0.25, -0.2) is 0 Å². The normalized spacial score (nSPS) is 20.5. The summed E-state index contributed by atoms with van der Waals surface area (Å²) in [4.78, 5) is 17.4. The third-order valence-electron chi connectivity index (χ3n) is 5.91. The van der Waals surface area contributed by atoms with E-state index in [-0.39, 0.29) is 11.2 Å². The first-order valence-electron chi connectivity index (χ1n) is 10.3. The van der Waals surface area contributed by atoms with Crippen molar-refractivity contribution in [2.24, 2.45) is 11.1 Å². The first kappa shape index (κ1) is 23.4. The van der Waals surface area contributed by atoms with E-state index in [0.29, 0.717) is 45.5 Å². The quantitative estimate of drug-likeness (QED) is 0.434. The number of nitrogens with two attached hydrogens (primary N) is 1. The Hall–Kier alpha value is -1.78. The molecule has 0 amide bonds. The first-order valence-corrected chi connectivity index (χ1v) is 12.6. The predicted molar refractivity (Wildman–Crippen MR) is 135 cm³/mol. The lowest BCUT2D eigenvalue weighted by atomic mass is 9.69. The number of Topliss-reactive ketones (excluding diaryl/α,β-unsaturated/α-hetero) is 1. The molecule has 0 bridgehead atoms. The molecule has 2 aliphatic rings. The molecule has 1 aliphatic heterocycles. The number of carbonyl (C=O) groups is 1. The number of nitriles is 1. The van der Waals surface area contributed by atoms with Gasteiger partial charge in [0.25, 0.3) is 0 Å². The van der Waals surface area contributed by atoms with Crippen molar-refractivity contribution in [2.75, 3.05) is 4.90 Å². The van der Waals surface area contributed by atoms with Gasteiger partial charge >= 0.3 is 0 Å². The molecule has 166 valence electrons. The van der Waals surface area contributed by atoms with Crippen LogP contribution in [0.4, 0.5) is 5.69 Å². The molecule has 0 saturated carbocycles. The molecule has 4 rings (SSSR count). The number of thiophene rings is 1. The summed E-state index contributed by atoms with van der Waals surface area (Å²) in [5.41, 5.74) is 8.83. The van der Waals surface area contributed by atoms with Crippen molar-refractivity contribution in [2.45, 2.75) is 46.0 Å². The highest BCUT2D eigenvalue weighted by molar-refractivity contribution is 9.10. The largest absolute Gasteiger partial charge is 0.384 e. The Balaban J connectivity index is 2.01. The molecule has 1 unspecified atom stereocenters. The van der Waals surface area contributed by atoms with Gasteiger partial charge in [-0.3, -0.25) is 9.69 Å². The third-order valence-corrected chi connectivity index (χ3v) is 8.77. The van der Waals surface area contributed by atoms with Gasteiger partial charge < -0.3 is 5.73 Å². The van der Waals surface area contributed by atoms with Crippen molar-refractivity contribution in [3.8, 4) is 6.07 Å². The van der Waals surface area contributed by atoms with E-state index in [0.717, 1.165) is 21.5 Å². The Morgan fingerprint density at radius 3 is 2.62 bits per heavy atom. The maximum absolute atomic E-state index is 13.6. The summed E-state index contributed by atoms with van der Waals surface area (Å²) in [7, 11) is 0. The highest BCUT2D eigenvalue weighted by Crippen LogP contribution is 2.52. The van der Waals surface area contributed by atoms with Gasteiger partial charge in [0.1, 0.15) is 5.82 Å². The van der Waals surface area contributed by atoms with E-state index in [9.17, 15) is 10.1 Å². The van der Waals surface area contributed by atoms with E-state index in [1.807, 2.05) is 6.07 Å². The van der Waals surface area contributed by atoms with Gasteiger partial charge in [0.05, 0.1) is 28.3 Å². The molecule has 0 spiro atoms. The fourth-order valence-corrected chi connectivity index (χ4v) is 7.07. The fourth-order valence-electron chi connectivity index (χ4n) is 4.54. The number of ketones is 1. The van der Waals surface area contributed by atoms with Crippen LogP contribution in [0.25, 0.3) is 0 Å². The average molecular weight is 551 g/mol. The van der Waals surface area contributed by atoms with E-state index < -0.39 is 5.92 Å². The van der Waals surface area contributed by atoms with Gasteiger partial charge in [-0.05, 0) is 58.5 Å². The van der Waals surface area contributed by atoms with Crippen LogP contribution in [0.3, 0.4) is 0 Å². The Kier molecular flexibility index (Phi) is 6.23. The first-order chi connectivity index (χ1) is 15.1. The van der Waals surface area contributed by atoms with Crippen molar-refractivity contribution in [3.63, 3.8) is 0 Å². The highest BCUT2D eigenvalue weighted by atomic mass is 79.9. The third kappa shape index (κ3) is 3.90. The summed E-state index contributed by atoms with van der Waals surface area (Å²) in [6.07, 6.45) is 1.91. The molecule has 2 N–H and O–H groups in total.